The largest absolute Gasteiger partial charge is 0.369 e. The van der Waals surface area contributed by atoms with Gasteiger partial charge >= 0.3 is 0 Å². The van der Waals surface area contributed by atoms with Crippen LogP contribution in [0.4, 0.5) is 5.69 Å². The van der Waals surface area contributed by atoms with E-state index in [1.807, 2.05) is 7.05 Å². The van der Waals surface area contributed by atoms with E-state index in [1.165, 1.54) is 38.0 Å². The van der Waals surface area contributed by atoms with Crippen LogP contribution in [0.1, 0.15) is 58.4 Å². The van der Waals surface area contributed by atoms with E-state index in [0.717, 1.165) is 26.2 Å². The Morgan fingerprint density at radius 3 is 2.07 bits per heavy atom. The molecule has 0 atom stereocenters. The lowest BCUT2D eigenvalue weighted by molar-refractivity contribution is 0.0970. The van der Waals surface area contributed by atoms with Crippen LogP contribution >= 0.6 is 24.8 Å². The molecule has 1 aliphatic carbocycles. The lowest BCUT2D eigenvalue weighted by Crippen LogP contribution is -2.48. The summed E-state index contributed by atoms with van der Waals surface area (Å²) in [6.07, 6.45) is 3.97. The van der Waals surface area contributed by atoms with Crippen molar-refractivity contribution in [1.29, 1.82) is 0 Å². The van der Waals surface area contributed by atoms with Crippen molar-refractivity contribution in [3.63, 3.8) is 0 Å². The summed E-state index contributed by atoms with van der Waals surface area (Å²) in [5, 5.41) is 3.27. The van der Waals surface area contributed by atoms with Crippen LogP contribution in [0.25, 0.3) is 0 Å². The number of hydrogen-bond acceptors (Lipinski definition) is 3. The average Bonchev–Trinajstić information content (AvgIpc) is 2.58. The summed E-state index contributed by atoms with van der Waals surface area (Å²) in [5.74, 6) is 0.687. The van der Waals surface area contributed by atoms with Crippen molar-refractivity contribution in [2.45, 2.75) is 52.9 Å². The number of hydrogen-bond donors (Lipinski definition) is 1. The molecule has 1 aromatic carbocycles. The van der Waals surface area contributed by atoms with Crippen LogP contribution in [0.2, 0.25) is 0 Å². The zero-order valence-electron chi connectivity index (χ0n) is 18.5. The Balaban J connectivity index is 0.00000196. The van der Waals surface area contributed by atoms with Crippen LogP contribution in [0.3, 0.4) is 0 Å². The maximum absolute atomic E-state index is 3.27. The van der Waals surface area contributed by atoms with E-state index >= 15 is 0 Å². The summed E-state index contributed by atoms with van der Waals surface area (Å²) in [6.45, 7) is 16.8. The van der Waals surface area contributed by atoms with Gasteiger partial charge in [0.2, 0.25) is 0 Å². The highest BCUT2D eigenvalue weighted by molar-refractivity contribution is 5.85. The molecule has 2 fully saturated rings. The fourth-order valence-electron chi connectivity index (χ4n) is 5.67. The van der Waals surface area contributed by atoms with Gasteiger partial charge in [-0.3, -0.25) is 4.90 Å². The SMILES string of the molecule is CNCCN1CCN(c2ccccc2C2CC(C)(C)CC(C)(C)C2)CC1.Cl.Cl. The fourth-order valence-corrected chi connectivity index (χ4v) is 5.67. The van der Waals surface area contributed by atoms with Crippen molar-refractivity contribution < 1.29 is 0 Å². The molecule has 1 aliphatic heterocycles. The van der Waals surface area contributed by atoms with Gasteiger partial charge in [-0.15, -0.1) is 24.8 Å². The average molecular weight is 431 g/mol. The van der Waals surface area contributed by atoms with Gasteiger partial charge in [0.25, 0.3) is 0 Å². The molecule has 0 amide bonds. The molecule has 0 bridgehead atoms. The summed E-state index contributed by atoms with van der Waals surface area (Å²) >= 11 is 0. The molecule has 5 heteroatoms. The molecule has 0 spiro atoms. The zero-order valence-corrected chi connectivity index (χ0v) is 20.1. The van der Waals surface area contributed by atoms with Gasteiger partial charge in [0, 0.05) is 45.0 Å². The van der Waals surface area contributed by atoms with Crippen LogP contribution < -0.4 is 10.2 Å². The topological polar surface area (TPSA) is 18.5 Å². The number of anilines is 1. The first kappa shape index (κ1) is 25.6. The summed E-state index contributed by atoms with van der Waals surface area (Å²) in [4.78, 5) is 5.22. The predicted molar refractivity (Wildman–Crippen MR) is 128 cm³/mol. The van der Waals surface area contributed by atoms with E-state index in [9.17, 15) is 0 Å². The summed E-state index contributed by atoms with van der Waals surface area (Å²) in [7, 11) is 2.04. The second-order valence-electron chi connectivity index (χ2n) is 10.1. The first-order valence-electron chi connectivity index (χ1n) is 10.5. The van der Waals surface area contributed by atoms with E-state index in [1.54, 1.807) is 5.56 Å². The molecule has 28 heavy (non-hydrogen) atoms. The molecule has 162 valence electrons. The minimum atomic E-state index is 0. The van der Waals surface area contributed by atoms with E-state index in [2.05, 4.69) is 67.1 Å². The van der Waals surface area contributed by atoms with Crippen LogP contribution in [0, 0.1) is 10.8 Å². The van der Waals surface area contributed by atoms with Gasteiger partial charge in [-0.05, 0) is 54.7 Å². The monoisotopic (exact) mass is 429 g/mol. The van der Waals surface area contributed by atoms with Crippen LogP contribution in [0.15, 0.2) is 24.3 Å². The van der Waals surface area contributed by atoms with Gasteiger partial charge in [0.1, 0.15) is 0 Å². The highest BCUT2D eigenvalue weighted by atomic mass is 35.5. The number of rotatable bonds is 5. The maximum Gasteiger partial charge on any atom is 0.0402 e. The number of piperazine rings is 1. The van der Waals surface area contributed by atoms with Crippen LogP contribution in [-0.2, 0) is 0 Å². The van der Waals surface area contributed by atoms with Gasteiger partial charge in [0.15, 0.2) is 0 Å². The lowest BCUT2D eigenvalue weighted by atomic mass is 9.60. The molecule has 1 saturated carbocycles. The smallest absolute Gasteiger partial charge is 0.0402 e. The fraction of sp³-hybridized carbons (Fsp3) is 0.739. The standard InChI is InChI=1S/C23H39N3.2ClH/c1-22(2)16-19(17-23(3,4)18-22)20-8-6-7-9-21(20)26-14-12-25(13-15-26)11-10-24-5;;/h6-9,19,24H,10-18H2,1-5H3;2*1H. The number of likely N-dealkylation sites (N-methyl/N-ethyl adjacent to an activating group) is 1. The minimum absolute atomic E-state index is 0. The third-order valence-corrected chi connectivity index (χ3v) is 6.32. The Kier molecular flexibility index (Phi) is 9.60. The number of benzene rings is 1. The highest BCUT2D eigenvalue weighted by Gasteiger charge is 2.39. The van der Waals surface area contributed by atoms with Crippen molar-refractivity contribution in [1.82, 2.24) is 10.2 Å². The van der Waals surface area contributed by atoms with Crippen LogP contribution in [0.5, 0.6) is 0 Å². The molecule has 1 aromatic rings. The number of para-hydroxylation sites is 1. The van der Waals surface area contributed by atoms with E-state index in [4.69, 9.17) is 0 Å². The molecule has 0 aromatic heterocycles. The predicted octanol–water partition coefficient (Wildman–Crippen LogP) is 5.19. The molecule has 3 nitrogen and oxygen atoms in total. The molecular weight excluding hydrogens is 389 g/mol. The quantitative estimate of drug-likeness (QED) is 0.694. The lowest BCUT2D eigenvalue weighted by Gasteiger charge is -2.46. The third-order valence-electron chi connectivity index (χ3n) is 6.32. The second-order valence-corrected chi connectivity index (χ2v) is 10.1. The van der Waals surface area contributed by atoms with E-state index < -0.39 is 0 Å². The molecule has 1 N–H and O–H groups in total. The molecule has 3 rings (SSSR count). The maximum atomic E-state index is 3.27. The van der Waals surface area contributed by atoms with Gasteiger partial charge in [0.05, 0.1) is 0 Å². The van der Waals surface area contributed by atoms with Crippen molar-refractivity contribution in [2.24, 2.45) is 10.8 Å². The Morgan fingerprint density at radius 2 is 1.50 bits per heavy atom. The van der Waals surface area contributed by atoms with E-state index in [0.29, 0.717) is 16.7 Å². The normalized spacial score (nSPS) is 22.2. The Labute approximate surface area is 185 Å². The van der Waals surface area contributed by atoms with Gasteiger partial charge in [-0.1, -0.05) is 45.9 Å². The minimum Gasteiger partial charge on any atom is -0.369 e. The molecule has 2 aliphatic rings. The third kappa shape index (κ3) is 6.52. The first-order chi connectivity index (χ1) is 12.3. The van der Waals surface area contributed by atoms with Crippen molar-refractivity contribution in [2.75, 3.05) is 51.2 Å². The molecular formula is C23H41Cl2N3. The van der Waals surface area contributed by atoms with Crippen LogP contribution in [-0.4, -0.2) is 51.2 Å². The Bertz CT molecular complexity index is 579. The number of halogens is 2. The van der Waals surface area contributed by atoms with Gasteiger partial charge in [-0.25, -0.2) is 0 Å². The molecule has 0 radical (unpaired) electrons. The molecule has 0 unspecified atom stereocenters. The first-order valence-corrected chi connectivity index (χ1v) is 10.5. The summed E-state index contributed by atoms with van der Waals surface area (Å²) < 4.78 is 0. The van der Waals surface area contributed by atoms with Crippen molar-refractivity contribution in [3.8, 4) is 0 Å². The highest BCUT2D eigenvalue weighted by Crippen LogP contribution is 2.53. The zero-order chi connectivity index (χ0) is 18.8. The number of nitrogens with one attached hydrogen (secondary N) is 1. The van der Waals surface area contributed by atoms with Gasteiger partial charge in [-0.2, -0.15) is 0 Å². The summed E-state index contributed by atoms with van der Waals surface area (Å²) in [5.41, 5.74) is 3.97. The Hall–Kier alpha value is -0.480. The molecule has 1 saturated heterocycles. The second kappa shape index (κ2) is 10.5. The van der Waals surface area contributed by atoms with Crippen molar-refractivity contribution in [3.05, 3.63) is 29.8 Å². The van der Waals surface area contributed by atoms with Crippen molar-refractivity contribution >= 4 is 30.5 Å². The Morgan fingerprint density at radius 1 is 0.929 bits per heavy atom. The van der Waals surface area contributed by atoms with Gasteiger partial charge < -0.3 is 10.2 Å². The molecule has 1 heterocycles. The van der Waals surface area contributed by atoms with E-state index in [-0.39, 0.29) is 24.8 Å². The summed E-state index contributed by atoms with van der Waals surface area (Å²) in [6, 6.07) is 9.25. The number of nitrogens with zero attached hydrogens (tertiary/aromatic N) is 2.